The summed E-state index contributed by atoms with van der Waals surface area (Å²) in [6.07, 6.45) is 0.623. The van der Waals surface area contributed by atoms with Crippen molar-refractivity contribution in [1.29, 1.82) is 0 Å². The quantitative estimate of drug-likeness (QED) is 0.615. The van der Waals surface area contributed by atoms with Gasteiger partial charge in [-0.3, -0.25) is 4.79 Å². The fourth-order valence-electron chi connectivity index (χ4n) is 1.29. The Kier molecular flexibility index (Phi) is 7.19. The highest BCUT2D eigenvalue weighted by atomic mass is 32.1. The van der Waals surface area contributed by atoms with Crippen LogP contribution in [0.3, 0.4) is 0 Å². The monoisotopic (exact) mass is 281 g/mol. The molecule has 1 rings (SSSR count). The maximum absolute atomic E-state index is 11.8. The van der Waals surface area contributed by atoms with Gasteiger partial charge in [-0.1, -0.05) is 11.8 Å². The van der Waals surface area contributed by atoms with Gasteiger partial charge in [0.05, 0.1) is 29.8 Å². The zero-order valence-electron chi connectivity index (χ0n) is 11.2. The van der Waals surface area contributed by atoms with Gasteiger partial charge in [-0.15, -0.1) is 11.3 Å². The van der Waals surface area contributed by atoms with Crippen LogP contribution in [0.1, 0.15) is 35.5 Å². The SMILES string of the molecule is CC(C)OCCNC(=O)c1csc(C#CCCO)c1. The lowest BCUT2D eigenvalue weighted by Crippen LogP contribution is -2.27. The average Bonchev–Trinajstić information content (AvgIpc) is 2.83. The van der Waals surface area contributed by atoms with Crippen LogP contribution in [0.15, 0.2) is 11.4 Å². The molecule has 0 atom stereocenters. The Morgan fingerprint density at radius 2 is 2.37 bits per heavy atom. The number of hydrogen-bond donors (Lipinski definition) is 2. The summed E-state index contributed by atoms with van der Waals surface area (Å²) >= 11 is 1.43. The molecule has 1 amide bonds. The van der Waals surface area contributed by atoms with Crippen molar-refractivity contribution in [1.82, 2.24) is 5.32 Å². The molecule has 0 saturated carbocycles. The lowest BCUT2D eigenvalue weighted by Gasteiger charge is -2.07. The second-order valence-electron chi connectivity index (χ2n) is 4.15. The Morgan fingerprint density at radius 1 is 1.58 bits per heavy atom. The predicted molar refractivity (Wildman–Crippen MR) is 76.3 cm³/mol. The molecule has 104 valence electrons. The summed E-state index contributed by atoms with van der Waals surface area (Å²) in [5.41, 5.74) is 0.614. The maximum Gasteiger partial charge on any atom is 0.252 e. The third-order valence-corrected chi connectivity index (χ3v) is 2.99. The van der Waals surface area contributed by atoms with Crippen LogP contribution in [0.25, 0.3) is 0 Å². The molecule has 0 aliphatic heterocycles. The summed E-state index contributed by atoms with van der Waals surface area (Å²) in [6, 6.07) is 1.76. The number of carbonyl (C=O) groups excluding carboxylic acids is 1. The van der Waals surface area contributed by atoms with Crippen LogP contribution >= 0.6 is 11.3 Å². The third-order valence-electron chi connectivity index (χ3n) is 2.15. The number of thiophene rings is 1. The number of aliphatic hydroxyl groups excluding tert-OH is 1. The summed E-state index contributed by atoms with van der Waals surface area (Å²) in [7, 11) is 0. The number of rotatable bonds is 6. The number of carbonyl (C=O) groups is 1. The minimum atomic E-state index is -0.112. The van der Waals surface area contributed by atoms with E-state index in [1.54, 1.807) is 11.4 Å². The molecule has 19 heavy (non-hydrogen) atoms. The number of hydrogen-bond acceptors (Lipinski definition) is 4. The Labute approximate surface area is 117 Å². The molecule has 0 saturated heterocycles. The fraction of sp³-hybridized carbons (Fsp3) is 0.500. The van der Waals surface area contributed by atoms with Crippen molar-refractivity contribution in [3.05, 3.63) is 21.9 Å². The highest BCUT2D eigenvalue weighted by Crippen LogP contribution is 2.13. The summed E-state index contributed by atoms with van der Waals surface area (Å²) in [5, 5.41) is 13.2. The van der Waals surface area contributed by atoms with Gasteiger partial charge in [0.1, 0.15) is 0 Å². The molecule has 0 radical (unpaired) electrons. The Morgan fingerprint density at radius 3 is 3.05 bits per heavy atom. The topological polar surface area (TPSA) is 58.6 Å². The molecule has 1 aromatic heterocycles. The largest absolute Gasteiger partial charge is 0.395 e. The number of aliphatic hydroxyl groups is 1. The van der Waals surface area contributed by atoms with E-state index in [2.05, 4.69) is 17.2 Å². The van der Waals surface area contributed by atoms with Crippen molar-refractivity contribution in [3.8, 4) is 11.8 Å². The molecule has 1 aromatic rings. The van der Waals surface area contributed by atoms with Gasteiger partial charge < -0.3 is 15.2 Å². The summed E-state index contributed by atoms with van der Waals surface area (Å²) < 4.78 is 5.34. The van der Waals surface area contributed by atoms with Crippen LogP contribution in [0.5, 0.6) is 0 Å². The van der Waals surface area contributed by atoms with E-state index in [4.69, 9.17) is 9.84 Å². The predicted octanol–water partition coefficient (Wildman–Crippen LogP) is 1.64. The zero-order chi connectivity index (χ0) is 14.1. The lowest BCUT2D eigenvalue weighted by molar-refractivity contribution is 0.0747. The van der Waals surface area contributed by atoms with Gasteiger partial charge in [0, 0.05) is 18.3 Å². The van der Waals surface area contributed by atoms with Gasteiger partial charge in [-0.2, -0.15) is 0 Å². The van der Waals surface area contributed by atoms with Crippen molar-refractivity contribution in [3.63, 3.8) is 0 Å². The molecule has 0 aliphatic rings. The van der Waals surface area contributed by atoms with Crippen molar-refractivity contribution in [2.75, 3.05) is 19.8 Å². The lowest BCUT2D eigenvalue weighted by atomic mass is 10.3. The van der Waals surface area contributed by atoms with Crippen LogP contribution in [-0.2, 0) is 4.74 Å². The molecule has 0 unspecified atom stereocenters. The molecule has 0 aliphatic carbocycles. The van der Waals surface area contributed by atoms with E-state index in [1.165, 1.54) is 11.3 Å². The second-order valence-corrected chi connectivity index (χ2v) is 5.06. The molecule has 0 fully saturated rings. The van der Waals surface area contributed by atoms with Gasteiger partial charge in [-0.25, -0.2) is 0 Å². The van der Waals surface area contributed by atoms with E-state index >= 15 is 0 Å². The third kappa shape index (κ3) is 6.39. The summed E-state index contributed by atoms with van der Waals surface area (Å²) in [5.74, 6) is 5.62. The first-order chi connectivity index (χ1) is 9.13. The molecule has 4 nitrogen and oxygen atoms in total. The number of amides is 1. The van der Waals surface area contributed by atoms with Crippen LogP contribution in [0, 0.1) is 11.8 Å². The minimum absolute atomic E-state index is 0.0571. The first-order valence-electron chi connectivity index (χ1n) is 6.21. The van der Waals surface area contributed by atoms with Gasteiger partial charge in [0.2, 0.25) is 0 Å². The number of ether oxygens (including phenoxy) is 1. The van der Waals surface area contributed by atoms with E-state index in [-0.39, 0.29) is 18.6 Å². The van der Waals surface area contributed by atoms with Crippen molar-refractivity contribution in [2.24, 2.45) is 0 Å². The van der Waals surface area contributed by atoms with Gasteiger partial charge in [0.25, 0.3) is 5.91 Å². The van der Waals surface area contributed by atoms with Crippen LogP contribution < -0.4 is 5.32 Å². The first kappa shape index (κ1) is 15.7. The van der Waals surface area contributed by atoms with Crippen molar-refractivity contribution >= 4 is 17.2 Å². The molecular weight excluding hydrogens is 262 g/mol. The maximum atomic E-state index is 11.8. The second kappa shape index (κ2) is 8.70. The molecule has 0 aromatic carbocycles. The Hall–Kier alpha value is -1.35. The summed E-state index contributed by atoms with van der Waals surface area (Å²) in [6.45, 7) is 4.98. The van der Waals surface area contributed by atoms with Crippen LogP contribution in [0.2, 0.25) is 0 Å². The van der Waals surface area contributed by atoms with E-state index < -0.39 is 0 Å². The molecule has 0 spiro atoms. The minimum Gasteiger partial charge on any atom is -0.395 e. The smallest absolute Gasteiger partial charge is 0.252 e. The van der Waals surface area contributed by atoms with Crippen molar-refractivity contribution < 1.29 is 14.6 Å². The molecule has 5 heteroatoms. The van der Waals surface area contributed by atoms with E-state index in [1.807, 2.05) is 13.8 Å². The van der Waals surface area contributed by atoms with Crippen molar-refractivity contribution in [2.45, 2.75) is 26.4 Å². The molecule has 1 heterocycles. The number of nitrogens with one attached hydrogen (secondary N) is 1. The Bertz CT molecular complexity index is 457. The summed E-state index contributed by atoms with van der Waals surface area (Å²) in [4.78, 5) is 12.6. The van der Waals surface area contributed by atoms with Crippen LogP contribution in [-0.4, -0.2) is 36.9 Å². The standard InChI is InChI=1S/C14H19NO3S/c1-11(2)18-8-6-15-14(17)12-9-13(19-10-12)5-3-4-7-16/h9-11,16H,4,6-8H2,1-2H3,(H,15,17). The van der Waals surface area contributed by atoms with Gasteiger partial charge in [0.15, 0.2) is 0 Å². The average molecular weight is 281 g/mol. The normalized spacial score (nSPS) is 10.1. The van der Waals surface area contributed by atoms with E-state index in [0.717, 1.165) is 4.88 Å². The molecular formula is C14H19NO3S. The van der Waals surface area contributed by atoms with Gasteiger partial charge >= 0.3 is 0 Å². The zero-order valence-corrected chi connectivity index (χ0v) is 12.0. The van der Waals surface area contributed by atoms with E-state index in [0.29, 0.717) is 25.1 Å². The highest BCUT2D eigenvalue weighted by molar-refractivity contribution is 7.10. The van der Waals surface area contributed by atoms with E-state index in [9.17, 15) is 4.79 Å². The van der Waals surface area contributed by atoms with Crippen LogP contribution in [0.4, 0.5) is 0 Å². The fourth-order valence-corrected chi connectivity index (χ4v) is 2.04. The molecule has 2 N–H and O–H groups in total. The first-order valence-corrected chi connectivity index (χ1v) is 7.09. The molecule has 0 bridgehead atoms. The Balaban J connectivity index is 2.39. The highest BCUT2D eigenvalue weighted by Gasteiger charge is 2.07. The van der Waals surface area contributed by atoms with Gasteiger partial charge in [-0.05, 0) is 19.9 Å².